The number of carbonyl (C=O) groups excluding carboxylic acids is 1. The van der Waals surface area contributed by atoms with Crippen LogP contribution in [0.25, 0.3) is 11.0 Å². The van der Waals surface area contributed by atoms with Crippen molar-refractivity contribution in [1.82, 2.24) is 0 Å². The van der Waals surface area contributed by atoms with Gasteiger partial charge in [0.15, 0.2) is 11.2 Å². The lowest BCUT2D eigenvalue weighted by Crippen LogP contribution is -2.15. The van der Waals surface area contributed by atoms with Crippen LogP contribution in [0.1, 0.15) is 10.6 Å². The molecule has 0 bridgehead atoms. The number of hydrogen-bond acceptors (Lipinski definition) is 4. The van der Waals surface area contributed by atoms with Crippen LogP contribution in [0, 0.1) is 0 Å². The summed E-state index contributed by atoms with van der Waals surface area (Å²) in [5.41, 5.74) is 0.283. The number of halogens is 2. The fraction of sp³-hybridized carbons (Fsp3) is 0.0588. The molecule has 1 heterocycles. The highest BCUT2D eigenvalue weighted by Gasteiger charge is 2.15. The zero-order chi connectivity index (χ0) is 17.3. The molecule has 0 atom stereocenters. The average Bonchev–Trinajstić information content (AvgIpc) is 2.55. The molecule has 0 saturated carbocycles. The molecule has 1 amide bonds. The van der Waals surface area contributed by atoms with Crippen LogP contribution in [0.5, 0.6) is 5.75 Å². The normalized spacial score (nSPS) is 10.6. The van der Waals surface area contributed by atoms with E-state index in [1.165, 1.54) is 25.3 Å². The van der Waals surface area contributed by atoms with Crippen LogP contribution in [-0.2, 0) is 0 Å². The van der Waals surface area contributed by atoms with Gasteiger partial charge in [0.1, 0.15) is 11.3 Å². The number of amides is 1. The molecule has 0 aliphatic carbocycles. The Bertz CT molecular complexity index is 998. The predicted molar refractivity (Wildman–Crippen MR) is 93.5 cm³/mol. The van der Waals surface area contributed by atoms with Crippen LogP contribution in [0.2, 0.25) is 10.0 Å². The number of fused-ring (bicyclic) bond motifs is 1. The Kier molecular flexibility index (Phi) is 4.46. The van der Waals surface area contributed by atoms with Gasteiger partial charge >= 0.3 is 0 Å². The van der Waals surface area contributed by atoms with Gasteiger partial charge in [0.05, 0.1) is 18.2 Å². The zero-order valence-corrected chi connectivity index (χ0v) is 13.9. The molecule has 0 spiro atoms. The largest absolute Gasteiger partial charge is 0.495 e. The molecule has 0 radical (unpaired) electrons. The number of ether oxygens (including phenoxy) is 1. The second-order valence-electron chi connectivity index (χ2n) is 4.91. The third kappa shape index (κ3) is 3.22. The first-order chi connectivity index (χ1) is 11.5. The molecule has 0 fully saturated rings. The Morgan fingerprint density at radius 3 is 2.54 bits per heavy atom. The molecule has 24 heavy (non-hydrogen) atoms. The molecule has 3 rings (SSSR count). The summed E-state index contributed by atoms with van der Waals surface area (Å²) in [4.78, 5) is 24.5. The summed E-state index contributed by atoms with van der Waals surface area (Å²) >= 11 is 11.8. The van der Waals surface area contributed by atoms with Gasteiger partial charge in [-0.3, -0.25) is 9.59 Å². The quantitative estimate of drug-likeness (QED) is 0.750. The molecule has 7 heteroatoms. The van der Waals surface area contributed by atoms with E-state index in [-0.39, 0.29) is 16.8 Å². The van der Waals surface area contributed by atoms with Gasteiger partial charge in [-0.1, -0.05) is 23.2 Å². The number of rotatable bonds is 3. The maximum Gasteiger partial charge on any atom is 0.291 e. The van der Waals surface area contributed by atoms with E-state index in [2.05, 4.69) is 5.32 Å². The first kappa shape index (κ1) is 16.4. The molecule has 0 unspecified atom stereocenters. The summed E-state index contributed by atoms with van der Waals surface area (Å²) in [5.74, 6) is -0.288. The standard InChI is InChI=1S/C17H11Cl2NO4/c1-23-15-5-3-10(19)7-12(15)20-17(22)16-8-13(21)11-6-9(18)2-4-14(11)24-16/h2-8H,1H3,(H,20,22). The van der Waals surface area contributed by atoms with Crippen molar-refractivity contribution in [2.24, 2.45) is 0 Å². The fourth-order valence-electron chi connectivity index (χ4n) is 2.20. The molecule has 0 aliphatic heterocycles. The monoisotopic (exact) mass is 363 g/mol. The van der Waals surface area contributed by atoms with Gasteiger partial charge in [-0.15, -0.1) is 0 Å². The molecular weight excluding hydrogens is 353 g/mol. The molecule has 122 valence electrons. The lowest BCUT2D eigenvalue weighted by Gasteiger charge is -2.10. The lowest BCUT2D eigenvalue weighted by molar-refractivity contribution is 0.0997. The summed E-state index contributed by atoms with van der Waals surface area (Å²) in [7, 11) is 1.47. The van der Waals surface area contributed by atoms with Crippen molar-refractivity contribution in [3.05, 3.63) is 68.5 Å². The van der Waals surface area contributed by atoms with Crippen LogP contribution in [0.4, 0.5) is 5.69 Å². The molecule has 0 saturated heterocycles. The Labute approximate surface area is 146 Å². The Morgan fingerprint density at radius 1 is 1.08 bits per heavy atom. The second kappa shape index (κ2) is 6.55. The number of carbonyl (C=O) groups is 1. The van der Waals surface area contributed by atoms with Gasteiger partial charge in [-0.2, -0.15) is 0 Å². The minimum absolute atomic E-state index is 0.128. The van der Waals surface area contributed by atoms with Gasteiger partial charge < -0.3 is 14.5 Å². The Balaban J connectivity index is 1.99. The maximum atomic E-state index is 12.4. The molecule has 2 aromatic carbocycles. The summed E-state index contributed by atoms with van der Waals surface area (Å²) in [6, 6.07) is 10.5. The summed E-state index contributed by atoms with van der Waals surface area (Å²) in [6.45, 7) is 0. The van der Waals surface area contributed by atoms with Gasteiger partial charge in [-0.05, 0) is 36.4 Å². The van der Waals surface area contributed by atoms with Crippen LogP contribution in [0.3, 0.4) is 0 Å². The summed E-state index contributed by atoms with van der Waals surface area (Å²) < 4.78 is 10.7. The van der Waals surface area contributed by atoms with Crippen LogP contribution >= 0.6 is 23.2 Å². The van der Waals surface area contributed by atoms with Crippen LogP contribution in [0.15, 0.2) is 51.7 Å². The van der Waals surface area contributed by atoms with Crippen molar-refractivity contribution in [2.45, 2.75) is 0 Å². The predicted octanol–water partition coefficient (Wildman–Crippen LogP) is 4.36. The third-order valence-corrected chi connectivity index (χ3v) is 3.79. The average molecular weight is 364 g/mol. The summed E-state index contributed by atoms with van der Waals surface area (Å²) in [5, 5.41) is 3.76. The van der Waals surface area contributed by atoms with E-state index in [1.807, 2.05) is 0 Å². The minimum Gasteiger partial charge on any atom is -0.495 e. The van der Waals surface area contributed by atoms with Crippen LogP contribution in [-0.4, -0.2) is 13.0 Å². The Hall–Kier alpha value is -2.50. The van der Waals surface area contributed by atoms with Crippen molar-refractivity contribution in [1.29, 1.82) is 0 Å². The molecule has 0 aliphatic rings. The number of anilines is 1. The summed E-state index contributed by atoms with van der Waals surface area (Å²) in [6.07, 6.45) is 0. The molecule has 3 aromatic rings. The van der Waals surface area contributed by atoms with Gasteiger partial charge in [0.2, 0.25) is 0 Å². The van der Waals surface area contributed by atoms with E-state index >= 15 is 0 Å². The topological polar surface area (TPSA) is 68.5 Å². The van der Waals surface area contributed by atoms with Crippen molar-refractivity contribution >= 4 is 45.8 Å². The number of nitrogens with one attached hydrogen (secondary N) is 1. The molecule has 1 N–H and O–H groups in total. The van der Waals surface area contributed by atoms with Crippen LogP contribution < -0.4 is 15.5 Å². The molecule has 5 nitrogen and oxygen atoms in total. The van der Waals surface area contributed by atoms with Crippen molar-refractivity contribution in [3.8, 4) is 5.75 Å². The smallest absolute Gasteiger partial charge is 0.291 e. The van der Waals surface area contributed by atoms with E-state index in [9.17, 15) is 9.59 Å². The maximum absolute atomic E-state index is 12.4. The van der Waals surface area contributed by atoms with E-state index in [0.29, 0.717) is 26.9 Å². The highest BCUT2D eigenvalue weighted by molar-refractivity contribution is 6.31. The van der Waals surface area contributed by atoms with E-state index in [0.717, 1.165) is 6.07 Å². The van der Waals surface area contributed by atoms with Crippen molar-refractivity contribution in [2.75, 3.05) is 12.4 Å². The van der Waals surface area contributed by atoms with Crippen molar-refractivity contribution in [3.63, 3.8) is 0 Å². The number of hydrogen-bond donors (Lipinski definition) is 1. The van der Waals surface area contributed by atoms with Gasteiger partial charge in [0.25, 0.3) is 5.91 Å². The van der Waals surface area contributed by atoms with Gasteiger partial charge in [0, 0.05) is 16.1 Å². The van der Waals surface area contributed by atoms with E-state index < -0.39 is 5.91 Å². The molecule has 1 aromatic heterocycles. The van der Waals surface area contributed by atoms with E-state index in [4.69, 9.17) is 32.4 Å². The fourth-order valence-corrected chi connectivity index (χ4v) is 2.55. The molecular formula is C17H11Cl2NO4. The van der Waals surface area contributed by atoms with E-state index in [1.54, 1.807) is 18.2 Å². The highest BCUT2D eigenvalue weighted by atomic mass is 35.5. The number of benzene rings is 2. The first-order valence-electron chi connectivity index (χ1n) is 6.86. The number of methoxy groups -OCH3 is 1. The van der Waals surface area contributed by atoms with Gasteiger partial charge in [-0.25, -0.2) is 0 Å². The zero-order valence-electron chi connectivity index (χ0n) is 12.4. The van der Waals surface area contributed by atoms with Crippen molar-refractivity contribution < 1.29 is 13.9 Å². The highest BCUT2D eigenvalue weighted by Crippen LogP contribution is 2.28. The minimum atomic E-state index is -0.593. The lowest BCUT2D eigenvalue weighted by atomic mass is 10.2. The SMILES string of the molecule is COc1ccc(Cl)cc1NC(=O)c1cc(=O)c2cc(Cl)ccc2o1. The third-order valence-electron chi connectivity index (χ3n) is 3.32. The first-order valence-corrected chi connectivity index (χ1v) is 7.62. The Morgan fingerprint density at radius 2 is 1.79 bits per heavy atom. The second-order valence-corrected chi connectivity index (χ2v) is 5.79.